The summed E-state index contributed by atoms with van der Waals surface area (Å²) in [6.07, 6.45) is 2.06. The Labute approximate surface area is 157 Å². The molecule has 2 aliphatic rings. The van der Waals surface area contributed by atoms with Crippen LogP contribution in [0.1, 0.15) is 39.2 Å². The van der Waals surface area contributed by atoms with Gasteiger partial charge in [-0.3, -0.25) is 14.6 Å². The zero-order valence-corrected chi connectivity index (χ0v) is 16.4. The number of carbonyl (C=O) groups excluding carboxylic acids is 1. The summed E-state index contributed by atoms with van der Waals surface area (Å²) >= 11 is 0. The van der Waals surface area contributed by atoms with Crippen molar-refractivity contribution >= 4 is 5.91 Å². The molecule has 144 valence electrons. The molecule has 0 radical (unpaired) electrons. The lowest BCUT2D eigenvalue weighted by atomic mass is 10.0. The van der Waals surface area contributed by atoms with E-state index < -0.39 is 0 Å². The Hall–Kier alpha value is -1.43. The van der Waals surface area contributed by atoms with Crippen LogP contribution in [0.15, 0.2) is 30.3 Å². The smallest absolute Gasteiger partial charge is 0.237 e. The number of hydrogen-bond donors (Lipinski definition) is 1. The van der Waals surface area contributed by atoms with Gasteiger partial charge < -0.3 is 10.1 Å². The third-order valence-electron chi connectivity index (χ3n) is 5.57. The fraction of sp³-hybridized carbons (Fsp3) is 0.667. The van der Waals surface area contributed by atoms with Gasteiger partial charge in [-0.1, -0.05) is 30.3 Å². The fourth-order valence-corrected chi connectivity index (χ4v) is 3.95. The molecule has 1 atom stereocenters. The van der Waals surface area contributed by atoms with Gasteiger partial charge in [0.15, 0.2) is 0 Å². The van der Waals surface area contributed by atoms with Crippen molar-refractivity contribution in [2.45, 2.75) is 57.8 Å². The van der Waals surface area contributed by atoms with Gasteiger partial charge in [0.05, 0.1) is 18.2 Å². The van der Waals surface area contributed by atoms with Gasteiger partial charge >= 0.3 is 0 Å². The van der Waals surface area contributed by atoms with E-state index in [4.69, 9.17) is 4.74 Å². The Morgan fingerprint density at radius 2 is 1.92 bits per heavy atom. The molecule has 2 saturated heterocycles. The number of likely N-dealkylation sites (tertiary alicyclic amines) is 1. The number of benzene rings is 1. The predicted molar refractivity (Wildman–Crippen MR) is 104 cm³/mol. The zero-order valence-electron chi connectivity index (χ0n) is 16.4. The van der Waals surface area contributed by atoms with Crippen LogP contribution in [-0.2, 0) is 16.1 Å². The maximum Gasteiger partial charge on any atom is 0.237 e. The van der Waals surface area contributed by atoms with Crippen molar-refractivity contribution in [3.8, 4) is 0 Å². The van der Waals surface area contributed by atoms with Gasteiger partial charge in [-0.05, 0) is 39.2 Å². The molecule has 3 rings (SSSR count). The first-order chi connectivity index (χ1) is 12.4. The summed E-state index contributed by atoms with van der Waals surface area (Å²) in [4.78, 5) is 17.4. The summed E-state index contributed by atoms with van der Waals surface area (Å²) in [5.74, 6) is 0.157. The molecule has 2 fully saturated rings. The van der Waals surface area contributed by atoms with Crippen molar-refractivity contribution in [3.05, 3.63) is 35.9 Å². The van der Waals surface area contributed by atoms with Gasteiger partial charge in [0, 0.05) is 38.8 Å². The highest BCUT2D eigenvalue weighted by molar-refractivity contribution is 5.81. The molecule has 0 aliphatic carbocycles. The second-order valence-electron chi connectivity index (χ2n) is 8.30. The maximum absolute atomic E-state index is 12.7. The molecule has 1 aromatic rings. The van der Waals surface area contributed by atoms with Crippen LogP contribution in [0.2, 0.25) is 0 Å². The van der Waals surface area contributed by atoms with Crippen LogP contribution in [0.5, 0.6) is 0 Å². The Bertz CT molecular complexity index is 582. The van der Waals surface area contributed by atoms with Crippen LogP contribution in [0, 0.1) is 0 Å². The Kier molecular flexibility index (Phi) is 6.33. The molecule has 1 N–H and O–H groups in total. The highest BCUT2D eigenvalue weighted by Gasteiger charge is 2.33. The molecular formula is C21H33N3O2. The molecule has 1 amide bonds. The number of hydrogen-bond acceptors (Lipinski definition) is 4. The lowest BCUT2D eigenvalue weighted by Gasteiger charge is -2.41. The Balaban J connectivity index is 1.43. The summed E-state index contributed by atoms with van der Waals surface area (Å²) in [7, 11) is 0. The topological polar surface area (TPSA) is 44.8 Å². The third kappa shape index (κ3) is 5.29. The van der Waals surface area contributed by atoms with E-state index >= 15 is 0 Å². The summed E-state index contributed by atoms with van der Waals surface area (Å²) in [6, 6.07) is 10.8. The van der Waals surface area contributed by atoms with E-state index in [0.717, 1.165) is 45.6 Å². The molecule has 2 heterocycles. The standard InChI is InChI=1S/C21H33N3O2/c1-17(24-13-14-26-21(2,3)16-24)20(25)22-19-9-11-23(12-10-19)15-18-7-5-4-6-8-18/h4-8,17,19H,9-16H2,1-3H3,(H,22,25). The number of ether oxygens (including phenoxy) is 1. The number of morpholine rings is 1. The second-order valence-corrected chi connectivity index (χ2v) is 8.30. The lowest BCUT2D eigenvalue weighted by molar-refractivity contribution is -0.134. The summed E-state index contributed by atoms with van der Waals surface area (Å²) in [5.41, 5.74) is 1.19. The first kappa shape index (κ1) is 19.3. The summed E-state index contributed by atoms with van der Waals surface area (Å²) in [5, 5.41) is 3.28. The van der Waals surface area contributed by atoms with Crippen LogP contribution in [-0.4, -0.2) is 66.2 Å². The van der Waals surface area contributed by atoms with E-state index in [1.807, 2.05) is 6.92 Å². The van der Waals surface area contributed by atoms with E-state index in [9.17, 15) is 4.79 Å². The highest BCUT2D eigenvalue weighted by Crippen LogP contribution is 2.19. The molecule has 5 heteroatoms. The molecule has 26 heavy (non-hydrogen) atoms. The maximum atomic E-state index is 12.7. The number of rotatable bonds is 5. The number of piperidine rings is 1. The van der Waals surface area contributed by atoms with Crippen molar-refractivity contribution in [1.82, 2.24) is 15.1 Å². The molecule has 0 spiro atoms. The SMILES string of the molecule is CC(C(=O)NC1CCN(Cc2ccccc2)CC1)N1CCOC(C)(C)C1. The molecule has 5 nitrogen and oxygen atoms in total. The molecule has 0 bridgehead atoms. The van der Waals surface area contributed by atoms with Crippen molar-refractivity contribution in [3.63, 3.8) is 0 Å². The normalized spacial score (nSPS) is 23.5. The van der Waals surface area contributed by atoms with Crippen LogP contribution in [0.25, 0.3) is 0 Å². The Morgan fingerprint density at radius 3 is 2.58 bits per heavy atom. The van der Waals surface area contributed by atoms with Crippen molar-refractivity contribution in [2.24, 2.45) is 0 Å². The van der Waals surface area contributed by atoms with Crippen LogP contribution in [0.4, 0.5) is 0 Å². The number of amides is 1. The van der Waals surface area contributed by atoms with Gasteiger partial charge in [-0.2, -0.15) is 0 Å². The molecular weight excluding hydrogens is 326 g/mol. The van der Waals surface area contributed by atoms with E-state index in [1.165, 1.54) is 5.56 Å². The predicted octanol–water partition coefficient (Wildman–Crippen LogP) is 2.27. The van der Waals surface area contributed by atoms with Crippen molar-refractivity contribution in [1.29, 1.82) is 0 Å². The number of nitrogens with zero attached hydrogens (tertiary/aromatic N) is 2. The van der Waals surface area contributed by atoms with E-state index in [2.05, 4.69) is 59.3 Å². The van der Waals surface area contributed by atoms with Crippen molar-refractivity contribution in [2.75, 3.05) is 32.8 Å². The van der Waals surface area contributed by atoms with E-state index in [-0.39, 0.29) is 17.6 Å². The van der Waals surface area contributed by atoms with Gasteiger partial charge in [-0.25, -0.2) is 0 Å². The third-order valence-corrected chi connectivity index (χ3v) is 5.57. The van der Waals surface area contributed by atoms with Crippen LogP contribution < -0.4 is 5.32 Å². The first-order valence-electron chi connectivity index (χ1n) is 9.88. The van der Waals surface area contributed by atoms with Crippen LogP contribution in [0.3, 0.4) is 0 Å². The molecule has 1 unspecified atom stereocenters. The second kappa shape index (κ2) is 8.51. The summed E-state index contributed by atoms with van der Waals surface area (Å²) in [6.45, 7) is 11.6. The molecule has 0 saturated carbocycles. The highest BCUT2D eigenvalue weighted by atomic mass is 16.5. The lowest BCUT2D eigenvalue weighted by Crippen LogP contribution is -2.57. The minimum atomic E-state index is -0.171. The van der Waals surface area contributed by atoms with E-state index in [1.54, 1.807) is 0 Å². The van der Waals surface area contributed by atoms with Gasteiger partial charge in [0.25, 0.3) is 0 Å². The van der Waals surface area contributed by atoms with Crippen LogP contribution >= 0.6 is 0 Å². The first-order valence-corrected chi connectivity index (χ1v) is 9.88. The Morgan fingerprint density at radius 1 is 1.23 bits per heavy atom. The fourth-order valence-electron chi connectivity index (χ4n) is 3.95. The van der Waals surface area contributed by atoms with E-state index in [0.29, 0.717) is 12.6 Å². The molecule has 1 aromatic carbocycles. The minimum Gasteiger partial charge on any atom is -0.373 e. The van der Waals surface area contributed by atoms with Gasteiger partial charge in [0.2, 0.25) is 5.91 Å². The summed E-state index contributed by atoms with van der Waals surface area (Å²) < 4.78 is 5.76. The largest absolute Gasteiger partial charge is 0.373 e. The number of carbonyl (C=O) groups is 1. The average Bonchev–Trinajstić information content (AvgIpc) is 2.62. The quantitative estimate of drug-likeness (QED) is 0.876. The van der Waals surface area contributed by atoms with Gasteiger partial charge in [0.1, 0.15) is 0 Å². The number of nitrogens with one attached hydrogen (secondary N) is 1. The minimum absolute atomic E-state index is 0.0967. The van der Waals surface area contributed by atoms with Gasteiger partial charge in [-0.15, -0.1) is 0 Å². The average molecular weight is 360 g/mol. The molecule has 0 aromatic heterocycles. The zero-order chi connectivity index (χ0) is 18.6. The monoisotopic (exact) mass is 359 g/mol. The molecule has 2 aliphatic heterocycles. The van der Waals surface area contributed by atoms with Crippen molar-refractivity contribution < 1.29 is 9.53 Å².